The fourth-order valence-corrected chi connectivity index (χ4v) is 5.64. The maximum atomic E-state index is 12.7. The van der Waals surface area contributed by atoms with Crippen molar-refractivity contribution in [2.45, 2.75) is 52.0 Å². The molecule has 2 aliphatic rings. The first-order chi connectivity index (χ1) is 13.0. The monoisotopic (exact) mass is 432 g/mol. The summed E-state index contributed by atoms with van der Waals surface area (Å²) in [5.41, 5.74) is 8.28. The third kappa shape index (κ3) is 2.97. The molecule has 27 heavy (non-hydrogen) atoms. The molecular weight excluding hydrogens is 404 g/mol. The highest BCUT2D eigenvalue weighted by molar-refractivity contribution is 9.10. The summed E-state index contributed by atoms with van der Waals surface area (Å²) in [6, 6.07) is 5.05. The number of hydrogen-bond donors (Lipinski definition) is 1. The Morgan fingerprint density at radius 3 is 2.78 bits per heavy atom. The summed E-state index contributed by atoms with van der Waals surface area (Å²) in [6.07, 6.45) is 3.53. The molecule has 0 radical (unpaired) electrons. The molecule has 0 spiro atoms. The normalized spacial score (nSPS) is 22.0. The lowest BCUT2D eigenvalue weighted by molar-refractivity contribution is 0.157. The number of hydrogen-bond acceptors (Lipinski definition) is 2. The lowest BCUT2D eigenvalue weighted by Crippen LogP contribution is -2.44. The average Bonchev–Trinajstić information content (AvgIpc) is 2.90. The molecule has 6 heteroatoms. The van der Waals surface area contributed by atoms with E-state index in [1.54, 1.807) is 0 Å². The molecule has 2 aromatic rings. The summed E-state index contributed by atoms with van der Waals surface area (Å²) in [5.74, 6) is 0.583. The van der Waals surface area contributed by atoms with Gasteiger partial charge in [-0.2, -0.15) is 0 Å². The number of piperidine rings is 1. The molecule has 5 nitrogen and oxygen atoms in total. The summed E-state index contributed by atoms with van der Waals surface area (Å²) >= 11 is 3.82. The van der Waals surface area contributed by atoms with E-state index in [9.17, 15) is 4.79 Å². The predicted molar refractivity (Wildman–Crippen MR) is 114 cm³/mol. The second-order valence-electron chi connectivity index (χ2n) is 7.94. The number of carbonyl (C=O) groups is 1. The third-order valence-corrected chi connectivity index (χ3v) is 7.24. The second-order valence-corrected chi connectivity index (χ2v) is 8.69. The zero-order chi connectivity index (χ0) is 19.3. The van der Waals surface area contributed by atoms with Gasteiger partial charge in [-0.25, -0.2) is 14.9 Å². The number of urea groups is 1. The molecule has 1 saturated heterocycles. The molecule has 1 aliphatic carbocycles. The first-order valence-corrected chi connectivity index (χ1v) is 10.8. The van der Waals surface area contributed by atoms with Crippen LogP contribution in [0.15, 0.2) is 16.7 Å². The zero-order valence-electron chi connectivity index (χ0n) is 16.7. The van der Waals surface area contributed by atoms with Crippen LogP contribution in [0.25, 0.3) is 10.9 Å². The Labute approximate surface area is 169 Å². The molecule has 2 atom stereocenters. The van der Waals surface area contributed by atoms with Gasteiger partial charge in [0.15, 0.2) is 0 Å². The molecular formula is C21H29BrN4O. The summed E-state index contributed by atoms with van der Waals surface area (Å²) in [4.78, 5) is 17.0. The predicted octanol–water partition coefficient (Wildman–Crippen LogP) is 4.45. The highest BCUT2D eigenvalue weighted by atomic mass is 79.9. The van der Waals surface area contributed by atoms with Crippen LogP contribution in [-0.2, 0) is 6.42 Å². The highest BCUT2D eigenvalue weighted by Crippen LogP contribution is 2.46. The summed E-state index contributed by atoms with van der Waals surface area (Å²) in [7, 11) is 2.25. The number of amides is 2. The van der Waals surface area contributed by atoms with Crippen molar-refractivity contribution < 1.29 is 4.79 Å². The molecule has 4 rings (SSSR count). The van der Waals surface area contributed by atoms with Crippen molar-refractivity contribution in [1.82, 2.24) is 14.5 Å². The fraction of sp³-hybridized carbons (Fsp3) is 0.571. The Balaban J connectivity index is 1.85. The van der Waals surface area contributed by atoms with Crippen LogP contribution in [0.4, 0.5) is 4.79 Å². The van der Waals surface area contributed by atoms with Gasteiger partial charge >= 0.3 is 6.03 Å². The van der Waals surface area contributed by atoms with E-state index in [4.69, 9.17) is 0 Å². The molecule has 1 aromatic heterocycles. The van der Waals surface area contributed by atoms with Gasteiger partial charge in [-0.1, -0.05) is 6.07 Å². The standard InChI is InChI=1S/C21H29BrN4O/c1-5-25(6-2)21(27)23-26-18-11-13(3)10-15-14-8-7-9-24(4)17(14)12-16(19(15)18)20(26)22/h10-11,14,17H,5-9,12H2,1-4H3,(H,23,27)/t14-,17-/m1/s1. The number of aromatic nitrogens is 1. The maximum absolute atomic E-state index is 12.7. The number of halogens is 1. The Morgan fingerprint density at radius 1 is 1.33 bits per heavy atom. The molecule has 1 aromatic carbocycles. The van der Waals surface area contributed by atoms with Gasteiger partial charge in [-0.05, 0) is 92.3 Å². The molecule has 1 fully saturated rings. The Hall–Kier alpha value is -1.53. The molecule has 0 unspecified atom stereocenters. The van der Waals surface area contributed by atoms with Crippen molar-refractivity contribution in [3.63, 3.8) is 0 Å². The Bertz CT molecular complexity index is 886. The molecule has 0 saturated carbocycles. The minimum atomic E-state index is -0.0546. The van der Waals surface area contributed by atoms with Crippen LogP contribution in [0, 0.1) is 6.92 Å². The minimum absolute atomic E-state index is 0.0546. The third-order valence-electron chi connectivity index (χ3n) is 6.41. The average molecular weight is 433 g/mol. The lowest BCUT2D eigenvalue weighted by Gasteiger charge is -2.42. The number of nitrogens with zero attached hydrogens (tertiary/aromatic N) is 3. The van der Waals surface area contributed by atoms with E-state index < -0.39 is 0 Å². The molecule has 1 N–H and O–H groups in total. The molecule has 2 heterocycles. The van der Waals surface area contributed by atoms with Gasteiger partial charge in [-0.3, -0.25) is 0 Å². The van der Waals surface area contributed by atoms with Crippen LogP contribution in [0.3, 0.4) is 0 Å². The number of carbonyl (C=O) groups excluding carboxylic acids is 1. The van der Waals surface area contributed by atoms with Crippen LogP contribution in [0.2, 0.25) is 0 Å². The Morgan fingerprint density at radius 2 is 2.07 bits per heavy atom. The topological polar surface area (TPSA) is 40.5 Å². The van der Waals surface area contributed by atoms with Crippen molar-refractivity contribution in [2.24, 2.45) is 0 Å². The van der Waals surface area contributed by atoms with Gasteiger partial charge in [-0.15, -0.1) is 0 Å². The van der Waals surface area contributed by atoms with E-state index in [2.05, 4.69) is 52.4 Å². The number of rotatable bonds is 3. The van der Waals surface area contributed by atoms with Gasteiger partial charge in [0, 0.05) is 30.4 Å². The molecule has 1 aliphatic heterocycles. The van der Waals surface area contributed by atoms with E-state index in [0.29, 0.717) is 25.0 Å². The second kappa shape index (κ2) is 7.13. The number of fused-ring (bicyclic) bond motifs is 2. The Kier molecular flexibility index (Phi) is 4.97. The van der Waals surface area contributed by atoms with Crippen LogP contribution in [0.1, 0.15) is 49.3 Å². The molecule has 0 bridgehead atoms. The fourth-order valence-electron chi connectivity index (χ4n) is 5.01. The lowest BCUT2D eigenvalue weighted by atomic mass is 9.75. The van der Waals surface area contributed by atoms with Gasteiger partial charge < -0.3 is 9.80 Å². The number of nitrogens with one attached hydrogen (secondary N) is 1. The van der Waals surface area contributed by atoms with Crippen LogP contribution in [-0.4, -0.2) is 53.2 Å². The highest BCUT2D eigenvalue weighted by Gasteiger charge is 2.38. The van der Waals surface area contributed by atoms with Crippen molar-refractivity contribution in [3.8, 4) is 0 Å². The van der Waals surface area contributed by atoms with E-state index in [0.717, 1.165) is 16.5 Å². The van der Waals surface area contributed by atoms with Gasteiger partial charge in [0.05, 0.1) is 5.52 Å². The van der Waals surface area contributed by atoms with E-state index >= 15 is 0 Å². The van der Waals surface area contributed by atoms with Crippen LogP contribution in [0.5, 0.6) is 0 Å². The number of likely N-dealkylation sites (tertiary alicyclic amines) is 1. The van der Waals surface area contributed by atoms with Crippen molar-refractivity contribution >= 4 is 32.9 Å². The van der Waals surface area contributed by atoms with Gasteiger partial charge in [0.25, 0.3) is 0 Å². The van der Waals surface area contributed by atoms with E-state index in [-0.39, 0.29) is 6.03 Å². The van der Waals surface area contributed by atoms with Crippen LogP contribution < -0.4 is 5.43 Å². The number of likely N-dealkylation sites (N-methyl/N-ethyl adjacent to an activating group) is 1. The summed E-state index contributed by atoms with van der Waals surface area (Å²) in [6.45, 7) is 8.74. The van der Waals surface area contributed by atoms with Crippen molar-refractivity contribution in [2.75, 3.05) is 32.1 Å². The smallest absolute Gasteiger partial charge is 0.324 e. The van der Waals surface area contributed by atoms with E-state index in [1.165, 1.54) is 41.5 Å². The molecule has 146 valence electrons. The van der Waals surface area contributed by atoms with Crippen LogP contribution >= 0.6 is 15.9 Å². The molecule has 2 amide bonds. The van der Waals surface area contributed by atoms with Gasteiger partial charge in [0.1, 0.15) is 4.60 Å². The largest absolute Gasteiger partial charge is 0.336 e. The first kappa shape index (κ1) is 18.8. The number of aryl methyl sites for hydroxylation is 1. The van der Waals surface area contributed by atoms with Crippen molar-refractivity contribution in [3.05, 3.63) is 33.4 Å². The SMILES string of the molecule is CCN(CC)C(=O)Nn1c(Br)c2c3c(cc(C)cc31)[C@H]1CCCN(C)[C@@H]1C2. The summed E-state index contributed by atoms with van der Waals surface area (Å²) in [5, 5.41) is 1.34. The quantitative estimate of drug-likeness (QED) is 0.777. The summed E-state index contributed by atoms with van der Waals surface area (Å²) < 4.78 is 2.95. The van der Waals surface area contributed by atoms with Crippen molar-refractivity contribution in [1.29, 1.82) is 0 Å². The minimum Gasteiger partial charge on any atom is -0.324 e. The van der Waals surface area contributed by atoms with Gasteiger partial charge in [0.2, 0.25) is 0 Å². The first-order valence-electron chi connectivity index (χ1n) is 10.1. The maximum Gasteiger partial charge on any atom is 0.336 e. The number of benzene rings is 1. The zero-order valence-corrected chi connectivity index (χ0v) is 18.3. The van der Waals surface area contributed by atoms with E-state index in [1.807, 2.05) is 23.4 Å².